The molecule has 2 aromatic rings. The van der Waals surface area contributed by atoms with Crippen molar-refractivity contribution in [2.75, 3.05) is 0 Å². The van der Waals surface area contributed by atoms with Crippen LogP contribution in [-0.4, -0.2) is 32.3 Å². The molecule has 1 aromatic carbocycles. The van der Waals surface area contributed by atoms with E-state index in [1.165, 1.54) is 6.33 Å². The van der Waals surface area contributed by atoms with E-state index in [0.29, 0.717) is 17.3 Å². The van der Waals surface area contributed by atoms with Crippen LogP contribution < -0.4 is 10.1 Å². The van der Waals surface area contributed by atoms with E-state index in [9.17, 15) is 4.79 Å². The van der Waals surface area contributed by atoms with Crippen LogP contribution in [0.5, 0.6) is 5.75 Å². The van der Waals surface area contributed by atoms with Crippen LogP contribution in [0.15, 0.2) is 36.9 Å². The largest absolute Gasteiger partial charge is 0.478 e. The highest BCUT2D eigenvalue weighted by Gasteiger charge is 2.31. The minimum Gasteiger partial charge on any atom is -0.478 e. The second kappa shape index (κ2) is 6.79. The van der Waals surface area contributed by atoms with Crippen molar-refractivity contribution in [3.63, 3.8) is 0 Å². The van der Waals surface area contributed by atoms with E-state index in [4.69, 9.17) is 16.3 Å². The van der Waals surface area contributed by atoms with Crippen LogP contribution in [0.3, 0.4) is 0 Å². The van der Waals surface area contributed by atoms with Crippen LogP contribution in [0.25, 0.3) is 0 Å². The van der Waals surface area contributed by atoms with Crippen molar-refractivity contribution in [3.05, 3.63) is 41.9 Å². The number of ether oxygens (including phenoxy) is 1. The third-order valence-electron chi connectivity index (χ3n) is 3.02. The Bertz CT molecular complexity index is 628. The zero-order valence-electron chi connectivity index (χ0n) is 12.8. The summed E-state index contributed by atoms with van der Waals surface area (Å²) in [4.78, 5) is 16.2. The number of rotatable bonds is 6. The summed E-state index contributed by atoms with van der Waals surface area (Å²) in [7, 11) is 0. The molecule has 6 nitrogen and oxygen atoms in total. The Morgan fingerprint density at radius 1 is 1.50 bits per heavy atom. The van der Waals surface area contributed by atoms with Crippen molar-refractivity contribution < 1.29 is 9.53 Å². The Kier molecular flexibility index (Phi) is 5.03. The van der Waals surface area contributed by atoms with Crippen LogP contribution in [0.1, 0.15) is 20.8 Å². The Morgan fingerprint density at radius 3 is 2.91 bits per heavy atom. The molecule has 2 rings (SSSR count). The fourth-order valence-corrected chi connectivity index (χ4v) is 2.10. The molecule has 0 aliphatic carbocycles. The smallest absolute Gasteiger partial charge is 0.263 e. The van der Waals surface area contributed by atoms with Crippen molar-refractivity contribution >= 4 is 17.5 Å². The minimum absolute atomic E-state index is 0.101. The molecule has 1 amide bonds. The van der Waals surface area contributed by atoms with E-state index >= 15 is 0 Å². The lowest BCUT2D eigenvalue weighted by Crippen LogP contribution is -2.50. The standard InChI is InChI=1S/C15H19ClN4O2/c1-11(8-20-10-17-9-18-20)19-14(21)15(2,3)22-13-6-4-5-12(16)7-13/h4-7,9-11H,8H2,1-3H3,(H,19,21). The second-order valence-electron chi connectivity index (χ2n) is 5.56. The molecule has 0 saturated carbocycles. The van der Waals surface area contributed by atoms with Crippen LogP contribution in [-0.2, 0) is 11.3 Å². The monoisotopic (exact) mass is 322 g/mol. The quantitative estimate of drug-likeness (QED) is 0.886. The molecular weight excluding hydrogens is 304 g/mol. The Balaban J connectivity index is 1.94. The summed E-state index contributed by atoms with van der Waals surface area (Å²) < 4.78 is 7.41. The maximum Gasteiger partial charge on any atom is 0.263 e. The number of carbonyl (C=O) groups excluding carboxylic acids is 1. The van der Waals surface area contributed by atoms with Gasteiger partial charge >= 0.3 is 0 Å². The third kappa shape index (κ3) is 4.46. The molecule has 1 aromatic heterocycles. The molecule has 0 aliphatic heterocycles. The number of nitrogens with zero attached hydrogens (tertiary/aromatic N) is 3. The number of carbonyl (C=O) groups is 1. The zero-order valence-corrected chi connectivity index (χ0v) is 13.5. The average molecular weight is 323 g/mol. The summed E-state index contributed by atoms with van der Waals surface area (Å²) in [5, 5.41) is 7.48. The van der Waals surface area contributed by atoms with E-state index in [-0.39, 0.29) is 11.9 Å². The molecule has 1 N–H and O–H groups in total. The van der Waals surface area contributed by atoms with Gasteiger partial charge in [0.1, 0.15) is 18.4 Å². The van der Waals surface area contributed by atoms with Crippen LogP contribution in [0.2, 0.25) is 5.02 Å². The molecule has 0 spiro atoms. The van der Waals surface area contributed by atoms with Crippen molar-refractivity contribution in [2.24, 2.45) is 0 Å². The predicted octanol–water partition coefficient (Wildman–Crippen LogP) is 2.29. The summed E-state index contributed by atoms with van der Waals surface area (Å²) in [6.07, 6.45) is 3.07. The number of amides is 1. The van der Waals surface area contributed by atoms with Gasteiger partial charge in [-0.05, 0) is 39.0 Å². The summed E-state index contributed by atoms with van der Waals surface area (Å²) in [5.41, 5.74) is -1.01. The molecule has 0 aliphatic rings. The molecule has 0 saturated heterocycles. The lowest BCUT2D eigenvalue weighted by Gasteiger charge is -2.27. The third-order valence-corrected chi connectivity index (χ3v) is 3.26. The van der Waals surface area contributed by atoms with Gasteiger partial charge in [-0.2, -0.15) is 5.10 Å². The zero-order chi connectivity index (χ0) is 16.2. The molecular formula is C15H19ClN4O2. The van der Waals surface area contributed by atoms with Crippen molar-refractivity contribution in [1.82, 2.24) is 20.1 Å². The van der Waals surface area contributed by atoms with Gasteiger partial charge in [0.15, 0.2) is 5.60 Å². The van der Waals surface area contributed by atoms with Gasteiger partial charge in [-0.3, -0.25) is 9.48 Å². The maximum absolute atomic E-state index is 12.4. The number of hydrogen-bond acceptors (Lipinski definition) is 4. The lowest BCUT2D eigenvalue weighted by atomic mass is 10.1. The van der Waals surface area contributed by atoms with Gasteiger partial charge in [0, 0.05) is 11.1 Å². The fourth-order valence-electron chi connectivity index (χ4n) is 1.92. The number of aromatic nitrogens is 3. The highest BCUT2D eigenvalue weighted by atomic mass is 35.5. The van der Waals surface area contributed by atoms with Gasteiger partial charge in [0.25, 0.3) is 5.91 Å². The molecule has 1 unspecified atom stereocenters. The highest BCUT2D eigenvalue weighted by Crippen LogP contribution is 2.22. The van der Waals surface area contributed by atoms with Gasteiger partial charge in [-0.25, -0.2) is 4.98 Å². The van der Waals surface area contributed by atoms with Gasteiger partial charge in [0.2, 0.25) is 0 Å². The number of hydrogen-bond donors (Lipinski definition) is 1. The Morgan fingerprint density at radius 2 is 2.27 bits per heavy atom. The number of benzene rings is 1. The average Bonchev–Trinajstić information content (AvgIpc) is 2.90. The first-order chi connectivity index (χ1) is 10.4. The second-order valence-corrected chi connectivity index (χ2v) is 6.00. The normalized spacial score (nSPS) is 12.7. The molecule has 118 valence electrons. The predicted molar refractivity (Wildman–Crippen MR) is 83.8 cm³/mol. The van der Waals surface area contributed by atoms with Crippen LogP contribution >= 0.6 is 11.6 Å². The first-order valence-corrected chi connectivity index (χ1v) is 7.32. The first-order valence-electron chi connectivity index (χ1n) is 6.95. The number of halogens is 1. The van der Waals surface area contributed by atoms with Crippen LogP contribution in [0.4, 0.5) is 0 Å². The van der Waals surface area contributed by atoms with Crippen molar-refractivity contribution in [1.29, 1.82) is 0 Å². The molecule has 1 heterocycles. The van der Waals surface area contributed by atoms with E-state index in [2.05, 4.69) is 15.4 Å². The topological polar surface area (TPSA) is 69.0 Å². The van der Waals surface area contributed by atoms with Crippen molar-refractivity contribution in [2.45, 2.75) is 39.0 Å². The molecule has 7 heteroatoms. The van der Waals surface area contributed by atoms with E-state index in [1.54, 1.807) is 49.1 Å². The van der Waals surface area contributed by atoms with Crippen LogP contribution in [0, 0.1) is 0 Å². The minimum atomic E-state index is -1.01. The van der Waals surface area contributed by atoms with Gasteiger partial charge in [-0.1, -0.05) is 17.7 Å². The van der Waals surface area contributed by atoms with E-state index in [1.807, 2.05) is 6.92 Å². The van der Waals surface area contributed by atoms with Gasteiger partial charge in [0.05, 0.1) is 6.54 Å². The van der Waals surface area contributed by atoms with E-state index < -0.39 is 5.60 Å². The van der Waals surface area contributed by atoms with E-state index in [0.717, 1.165) is 0 Å². The summed E-state index contributed by atoms with van der Waals surface area (Å²) >= 11 is 5.92. The summed E-state index contributed by atoms with van der Waals surface area (Å²) in [6, 6.07) is 6.87. The molecule has 22 heavy (non-hydrogen) atoms. The fraction of sp³-hybridized carbons (Fsp3) is 0.400. The van der Waals surface area contributed by atoms with Gasteiger partial charge < -0.3 is 10.1 Å². The number of nitrogens with one attached hydrogen (secondary N) is 1. The maximum atomic E-state index is 12.4. The molecule has 0 fully saturated rings. The highest BCUT2D eigenvalue weighted by molar-refractivity contribution is 6.30. The lowest BCUT2D eigenvalue weighted by molar-refractivity contribution is -0.134. The molecule has 0 radical (unpaired) electrons. The SMILES string of the molecule is CC(Cn1cncn1)NC(=O)C(C)(C)Oc1cccc(Cl)c1. The Hall–Kier alpha value is -2.08. The van der Waals surface area contributed by atoms with Crippen molar-refractivity contribution in [3.8, 4) is 5.75 Å². The van der Waals surface area contributed by atoms with Gasteiger partial charge in [-0.15, -0.1) is 0 Å². The summed E-state index contributed by atoms with van der Waals surface area (Å²) in [5.74, 6) is 0.344. The first kappa shape index (κ1) is 16.3. The summed E-state index contributed by atoms with van der Waals surface area (Å²) in [6.45, 7) is 5.87. The Labute approximate surface area is 134 Å². The molecule has 1 atom stereocenters. The molecule has 0 bridgehead atoms.